The number of nitrogens with one attached hydrogen (secondary N) is 2. The maximum Gasteiger partial charge on any atom is 0.433 e. The van der Waals surface area contributed by atoms with Crippen molar-refractivity contribution < 1.29 is 13.2 Å². The molecule has 1 aliphatic heterocycles. The molecular weight excluding hydrogens is 315 g/mol. The van der Waals surface area contributed by atoms with Gasteiger partial charge in [0.2, 0.25) is 5.95 Å². The van der Waals surface area contributed by atoms with Crippen LogP contribution in [0.25, 0.3) is 0 Å². The Morgan fingerprint density at radius 1 is 1.41 bits per heavy atom. The van der Waals surface area contributed by atoms with Crippen LogP contribution in [0.5, 0.6) is 0 Å². The van der Waals surface area contributed by atoms with Gasteiger partial charge in [-0.3, -0.25) is 0 Å². The maximum atomic E-state index is 13.0. The average molecular weight is 333 g/mol. The summed E-state index contributed by atoms with van der Waals surface area (Å²) in [4.78, 5) is 9.53. The lowest BCUT2D eigenvalue weighted by Gasteiger charge is -2.32. The summed E-state index contributed by atoms with van der Waals surface area (Å²) in [6, 6.07) is 0.992. The highest BCUT2D eigenvalue weighted by atomic mass is 32.1. The second-order valence-electron chi connectivity index (χ2n) is 5.33. The zero-order valence-electron chi connectivity index (χ0n) is 12.4. The van der Waals surface area contributed by atoms with E-state index in [2.05, 4.69) is 27.5 Å². The first kappa shape index (κ1) is 16.7. The van der Waals surface area contributed by atoms with Crippen molar-refractivity contribution in [2.75, 3.05) is 30.4 Å². The number of aromatic nitrogens is 2. The SMILES string of the molecule is CNC(=S)Nc1nc(N2CCCC(C)C2)cc(C(F)(F)F)n1. The van der Waals surface area contributed by atoms with Crippen LogP contribution in [0.3, 0.4) is 0 Å². The minimum Gasteiger partial charge on any atom is -0.365 e. The molecule has 1 aromatic rings. The van der Waals surface area contributed by atoms with E-state index in [1.54, 1.807) is 7.05 Å². The molecule has 1 atom stereocenters. The van der Waals surface area contributed by atoms with E-state index in [0.29, 0.717) is 19.0 Å². The lowest BCUT2D eigenvalue weighted by molar-refractivity contribution is -0.141. The maximum absolute atomic E-state index is 13.0. The standard InChI is InChI=1S/C13H18F3N5S/c1-8-4-3-5-21(7-8)10-6-9(13(14,15)16)18-11(19-10)20-12(22)17-2/h6,8H,3-5,7H2,1-2H3,(H2,17,18,19,20,22). The van der Waals surface area contributed by atoms with Crippen molar-refractivity contribution in [2.45, 2.75) is 25.9 Å². The molecule has 0 radical (unpaired) electrons. The molecule has 2 N–H and O–H groups in total. The van der Waals surface area contributed by atoms with Gasteiger partial charge >= 0.3 is 6.18 Å². The first-order chi connectivity index (χ1) is 10.3. The summed E-state index contributed by atoms with van der Waals surface area (Å²) < 4.78 is 39.1. The van der Waals surface area contributed by atoms with Gasteiger partial charge in [-0.2, -0.15) is 18.2 Å². The van der Waals surface area contributed by atoms with Crippen LogP contribution in [0.4, 0.5) is 24.9 Å². The first-order valence-corrected chi connectivity index (χ1v) is 7.40. The molecule has 1 unspecified atom stereocenters. The number of anilines is 2. The van der Waals surface area contributed by atoms with Gasteiger partial charge in [0.25, 0.3) is 0 Å². The largest absolute Gasteiger partial charge is 0.433 e. The van der Waals surface area contributed by atoms with Crippen molar-refractivity contribution in [2.24, 2.45) is 5.92 Å². The van der Waals surface area contributed by atoms with Crippen LogP contribution in [-0.4, -0.2) is 35.2 Å². The second kappa shape index (κ2) is 6.64. The van der Waals surface area contributed by atoms with E-state index in [9.17, 15) is 13.2 Å². The molecule has 1 aromatic heterocycles. The number of rotatable bonds is 2. The molecule has 1 saturated heterocycles. The summed E-state index contributed by atoms with van der Waals surface area (Å²) >= 11 is 4.90. The first-order valence-electron chi connectivity index (χ1n) is 6.99. The molecule has 2 heterocycles. The second-order valence-corrected chi connectivity index (χ2v) is 5.74. The zero-order chi connectivity index (χ0) is 16.3. The van der Waals surface area contributed by atoms with Gasteiger partial charge in [-0.15, -0.1) is 0 Å². The van der Waals surface area contributed by atoms with Crippen LogP contribution >= 0.6 is 12.2 Å². The molecule has 2 rings (SSSR count). The molecule has 0 aliphatic carbocycles. The lowest BCUT2D eigenvalue weighted by Crippen LogP contribution is -2.35. The van der Waals surface area contributed by atoms with Gasteiger partial charge in [-0.1, -0.05) is 6.92 Å². The molecule has 1 aliphatic rings. The predicted molar refractivity (Wildman–Crippen MR) is 82.9 cm³/mol. The minimum atomic E-state index is -4.53. The van der Waals surface area contributed by atoms with Gasteiger partial charge < -0.3 is 15.5 Å². The molecule has 0 amide bonds. The summed E-state index contributed by atoms with van der Waals surface area (Å²) in [5.41, 5.74) is -0.975. The fourth-order valence-corrected chi connectivity index (χ4v) is 2.45. The van der Waals surface area contributed by atoms with Gasteiger partial charge in [-0.05, 0) is 31.0 Å². The summed E-state index contributed by atoms with van der Waals surface area (Å²) in [6.07, 6.45) is -2.52. The number of hydrogen-bond donors (Lipinski definition) is 2. The Kier molecular flexibility index (Phi) is 5.05. The molecule has 0 saturated carbocycles. The Morgan fingerprint density at radius 2 is 2.14 bits per heavy atom. The van der Waals surface area contributed by atoms with Crippen molar-refractivity contribution in [3.63, 3.8) is 0 Å². The van der Waals surface area contributed by atoms with Gasteiger partial charge in [0.1, 0.15) is 5.82 Å². The van der Waals surface area contributed by atoms with Crippen LogP contribution in [0, 0.1) is 5.92 Å². The van der Waals surface area contributed by atoms with Crippen molar-refractivity contribution in [1.29, 1.82) is 0 Å². The normalized spacial score (nSPS) is 19.0. The van der Waals surface area contributed by atoms with Gasteiger partial charge in [0, 0.05) is 26.2 Å². The highest BCUT2D eigenvalue weighted by molar-refractivity contribution is 7.80. The Bertz CT molecular complexity index is 549. The highest BCUT2D eigenvalue weighted by Gasteiger charge is 2.34. The van der Waals surface area contributed by atoms with Crippen molar-refractivity contribution in [3.8, 4) is 0 Å². The van der Waals surface area contributed by atoms with Crippen molar-refractivity contribution >= 4 is 29.1 Å². The summed E-state index contributed by atoms with van der Waals surface area (Å²) in [7, 11) is 1.57. The molecule has 5 nitrogen and oxygen atoms in total. The fraction of sp³-hybridized carbons (Fsp3) is 0.615. The average Bonchev–Trinajstić information content (AvgIpc) is 2.46. The van der Waals surface area contributed by atoms with E-state index in [4.69, 9.17) is 12.2 Å². The monoisotopic (exact) mass is 333 g/mol. The van der Waals surface area contributed by atoms with Crippen LogP contribution in [0.1, 0.15) is 25.5 Å². The van der Waals surface area contributed by atoms with Crippen LogP contribution in [0.15, 0.2) is 6.07 Å². The number of halogens is 3. The van der Waals surface area contributed by atoms with E-state index >= 15 is 0 Å². The molecule has 22 heavy (non-hydrogen) atoms. The fourth-order valence-electron chi connectivity index (χ4n) is 2.36. The zero-order valence-corrected chi connectivity index (χ0v) is 13.2. The Morgan fingerprint density at radius 3 is 2.73 bits per heavy atom. The predicted octanol–water partition coefficient (Wildman–Crippen LogP) is 2.65. The number of piperidine rings is 1. The number of alkyl halides is 3. The smallest absolute Gasteiger partial charge is 0.365 e. The molecule has 0 bridgehead atoms. The van der Waals surface area contributed by atoms with E-state index in [-0.39, 0.29) is 16.9 Å². The molecule has 0 aromatic carbocycles. The third kappa shape index (κ3) is 4.19. The molecular formula is C13H18F3N5S. The summed E-state index contributed by atoms with van der Waals surface area (Å²) in [6.45, 7) is 3.45. The molecule has 1 fully saturated rings. The van der Waals surface area contributed by atoms with E-state index < -0.39 is 11.9 Å². The van der Waals surface area contributed by atoms with Gasteiger partial charge in [0.05, 0.1) is 0 Å². The van der Waals surface area contributed by atoms with Gasteiger partial charge in [-0.25, -0.2) is 4.98 Å². The van der Waals surface area contributed by atoms with E-state index in [1.165, 1.54) is 0 Å². The summed E-state index contributed by atoms with van der Waals surface area (Å²) in [5, 5.41) is 5.35. The molecule has 0 spiro atoms. The number of hydrogen-bond acceptors (Lipinski definition) is 4. The third-order valence-corrected chi connectivity index (χ3v) is 3.74. The van der Waals surface area contributed by atoms with Crippen molar-refractivity contribution in [1.82, 2.24) is 15.3 Å². The van der Waals surface area contributed by atoms with Crippen molar-refractivity contribution in [3.05, 3.63) is 11.8 Å². The topological polar surface area (TPSA) is 53.1 Å². The quantitative estimate of drug-likeness (QED) is 0.812. The van der Waals surface area contributed by atoms with Crippen LogP contribution in [-0.2, 0) is 6.18 Å². The lowest BCUT2D eigenvalue weighted by atomic mass is 10.0. The third-order valence-electron chi connectivity index (χ3n) is 3.44. The molecule has 9 heteroatoms. The van der Waals surface area contributed by atoms with E-state index in [0.717, 1.165) is 18.9 Å². The highest BCUT2D eigenvalue weighted by Crippen LogP contribution is 2.31. The Balaban J connectivity index is 2.35. The Hall–Kier alpha value is -1.64. The van der Waals surface area contributed by atoms with Crippen LogP contribution in [0.2, 0.25) is 0 Å². The van der Waals surface area contributed by atoms with Crippen LogP contribution < -0.4 is 15.5 Å². The minimum absolute atomic E-state index is 0.151. The van der Waals surface area contributed by atoms with E-state index in [1.807, 2.05) is 4.90 Å². The summed E-state index contributed by atoms with van der Waals surface area (Å²) in [5.74, 6) is 0.547. The van der Waals surface area contributed by atoms with Gasteiger partial charge in [0.15, 0.2) is 10.8 Å². The Labute approximate surface area is 132 Å². The number of nitrogens with zero attached hydrogens (tertiary/aromatic N) is 3. The molecule has 122 valence electrons. The number of thiocarbonyl (C=S) groups is 1.